The molecule has 0 atom stereocenters. The molecule has 0 bridgehead atoms. The van der Waals surface area contributed by atoms with Gasteiger partial charge in [0.05, 0.1) is 14.2 Å². The Hall–Kier alpha value is -2.74. The molecule has 2 rings (SSSR count). The van der Waals surface area contributed by atoms with Crippen molar-refractivity contribution in [3.8, 4) is 28.7 Å². The molecule has 5 nitrogen and oxygen atoms in total. The molecule has 0 saturated carbocycles. The van der Waals surface area contributed by atoms with E-state index in [1.807, 2.05) is 6.07 Å². The summed E-state index contributed by atoms with van der Waals surface area (Å²) in [5.41, 5.74) is 0.848. The molecule has 0 radical (unpaired) electrons. The van der Waals surface area contributed by atoms with Crippen LogP contribution in [-0.2, 0) is 0 Å². The van der Waals surface area contributed by atoms with Crippen LogP contribution < -0.4 is 15.0 Å². The standard InChI is InChI=1S/C14H12N2O3/c1-18-9-3-4-11(13(7-9)19-2)10-5-6-16-14(17)12(10)8-15/h3-7H,1-2H3,(H,16,17). The average Bonchev–Trinajstić information content (AvgIpc) is 2.46. The average molecular weight is 256 g/mol. The quantitative estimate of drug-likeness (QED) is 0.910. The molecule has 1 aromatic heterocycles. The number of ether oxygens (including phenoxy) is 2. The van der Waals surface area contributed by atoms with Gasteiger partial charge >= 0.3 is 0 Å². The zero-order chi connectivity index (χ0) is 13.8. The molecule has 0 fully saturated rings. The number of nitrogens with one attached hydrogen (secondary N) is 1. The van der Waals surface area contributed by atoms with Crippen LogP contribution >= 0.6 is 0 Å². The van der Waals surface area contributed by atoms with Crippen molar-refractivity contribution >= 4 is 0 Å². The number of H-pyrrole nitrogens is 1. The summed E-state index contributed by atoms with van der Waals surface area (Å²) in [4.78, 5) is 14.1. The van der Waals surface area contributed by atoms with E-state index in [0.29, 0.717) is 22.6 Å². The Labute approximate surface area is 110 Å². The zero-order valence-electron chi connectivity index (χ0n) is 10.6. The normalized spacial score (nSPS) is 9.74. The van der Waals surface area contributed by atoms with Crippen LogP contribution in [0.25, 0.3) is 11.1 Å². The molecule has 1 aromatic carbocycles. The minimum Gasteiger partial charge on any atom is -0.497 e. The van der Waals surface area contributed by atoms with Gasteiger partial charge in [0.2, 0.25) is 0 Å². The van der Waals surface area contributed by atoms with E-state index in [9.17, 15) is 4.79 Å². The predicted molar refractivity (Wildman–Crippen MR) is 70.3 cm³/mol. The molecule has 5 heteroatoms. The lowest BCUT2D eigenvalue weighted by Gasteiger charge is -2.11. The Morgan fingerprint density at radius 3 is 2.58 bits per heavy atom. The molecule has 0 aliphatic heterocycles. The largest absolute Gasteiger partial charge is 0.497 e. The summed E-state index contributed by atoms with van der Waals surface area (Å²) < 4.78 is 10.4. The summed E-state index contributed by atoms with van der Waals surface area (Å²) in [6.07, 6.45) is 1.50. The maximum Gasteiger partial charge on any atom is 0.266 e. The van der Waals surface area contributed by atoms with Crippen LogP contribution in [0.2, 0.25) is 0 Å². The van der Waals surface area contributed by atoms with Gasteiger partial charge < -0.3 is 14.5 Å². The maximum atomic E-state index is 11.6. The van der Waals surface area contributed by atoms with Crippen molar-refractivity contribution in [3.05, 3.63) is 46.4 Å². The highest BCUT2D eigenvalue weighted by Crippen LogP contribution is 2.33. The van der Waals surface area contributed by atoms with Crippen LogP contribution in [0.3, 0.4) is 0 Å². The molecule has 0 saturated heterocycles. The number of nitriles is 1. The van der Waals surface area contributed by atoms with Crippen molar-refractivity contribution in [3.63, 3.8) is 0 Å². The van der Waals surface area contributed by atoms with Gasteiger partial charge in [-0.25, -0.2) is 0 Å². The van der Waals surface area contributed by atoms with Crippen molar-refractivity contribution in [2.45, 2.75) is 0 Å². The first-order valence-electron chi connectivity index (χ1n) is 5.55. The number of aromatic amines is 1. The monoisotopic (exact) mass is 256 g/mol. The summed E-state index contributed by atoms with van der Waals surface area (Å²) >= 11 is 0. The summed E-state index contributed by atoms with van der Waals surface area (Å²) in [7, 11) is 3.08. The van der Waals surface area contributed by atoms with Crippen LogP contribution in [0.15, 0.2) is 35.3 Å². The Morgan fingerprint density at radius 1 is 1.16 bits per heavy atom. The molecule has 96 valence electrons. The SMILES string of the molecule is COc1ccc(-c2cc[nH]c(=O)c2C#N)c(OC)c1. The molecule has 2 aromatic rings. The Morgan fingerprint density at radius 2 is 1.95 bits per heavy atom. The number of rotatable bonds is 3. The first-order chi connectivity index (χ1) is 9.21. The second-order valence-electron chi connectivity index (χ2n) is 3.77. The minimum absolute atomic E-state index is 0.0611. The lowest BCUT2D eigenvalue weighted by molar-refractivity contribution is 0.395. The van der Waals surface area contributed by atoms with Gasteiger partial charge in [-0.2, -0.15) is 5.26 Å². The number of hydrogen-bond acceptors (Lipinski definition) is 4. The maximum absolute atomic E-state index is 11.6. The van der Waals surface area contributed by atoms with E-state index in [1.165, 1.54) is 13.3 Å². The molecule has 1 N–H and O–H groups in total. The van der Waals surface area contributed by atoms with E-state index in [-0.39, 0.29) is 5.56 Å². The van der Waals surface area contributed by atoms with E-state index < -0.39 is 5.56 Å². The molecule has 1 heterocycles. The fourth-order valence-electron chi connectivity index (χ4n) is 1.83. The predicted octanol–water partition coefficient (Wildman–Crippen LogP) is 1.93. The van der Waals surface area contributed by atoms with Crippen molar-refractivity contribution in [2.75, 3.05) is 14.2 Å². The van der Waals surface area contributed by atoms with Gasteiger partial charge in [0.25, 0.3) is 5.56 Å². The lowest BCUT2D eigenvalue weighted by atomic mass is 10.0. The van der Waals surface area contributed by atoms with Crippen LogP contribution in [0.5, 0.6) is 11.5 Å². The van der Waals surface area contributed by atoms with E-state index >= 15 is 0 Å². The fourth-order valence-corrected chi connectivity index (χ4v) is 1.83. The third-order valence-electron chi connectivity index (χ3n) is 2.77. The second kappa shape index (κ2) is 5.27. The topological polar surface area (TPSA) is 75.1 Å². The highest BCUT2D eigenvalue weighted by molar-refractivity contribution is 5.75. The highest BCUT2D eigenvalue weighted by atomic mass is 16.5. The molecule has 0 aliphatic carbocycles. The number of methoxy groups -OCH3 is 2. The smallest absolute Gasteiger partial charge is 0.266 e. The molecule has 0 unspecified atom stereocenters. The number of hydrogen-bond donors (Lipinski definition) is 1. The van der Waals surface area contributed by atoms with Crippen molar-refractivity contribution in [1.29, 1.82) is 5.26 Å². The van der Waals surface area contributed by atoms with Gasteiger partial charge in [0.1, 0.15) is 23.1 Å². The molecular weight excluding hydrogens is 244 g/mol. The Bertz CT molecular complexity index is 699. The first kappa shape index (κ1) is 12.7. The Balaban J connectivity index is 2.69. The van der Waals surface area contributed by atoms with E-state index in [1.54, 1.807) is 31.4 Å². The minimum atomic E-state index is -0.419. The van der Waals surface area contributed by atoms with Gasteiger partial charge in [-0.15, -0.1) is 0 Å². The van der Waals surface area contributed by atoms with Gasteiger partial charge in [-0.05, 0) is 18.2 Å². The summed E-state index contributed by atoms with van der Waals surface area (Å²) in [5, 5.41) is 9.09. The summed E-state index contributed by atoms with van der Waals surface area (Å²) in [6.45, 7) is 0. The zero-order valence-corrected chi connectivity index (χ0v) is 10.6. The van der Waals surface area contributed by atoms with E-state index in [0.717, 1.165) is 0 Å². The Kier molecular flexibility index (Phi) is 3.53. The first-order valence-corrected chi connectivity index (χ1v) is 5.55. The van der Waals surface area contributed by atoms with Crippen molar-refractivity contribution < 1.29 is 9.47 Å². The van der Waals surface area contributed by atoms with Crippen LogP contribution in [0.1, 0.15) is 5.56 Å². The van der Waals surface area contributed by atoms with Crippen molar-refractivity contribution in [1.82, 2.24) is 4.98 Å². The summed E-state index contributed by atoms with van der Waals surface area (Å²) in [5.74, 6) is 1.19. The second-order valence-corrected chi connectivity index (χ2v) is 3.77. The van der Waals surface area contributed by atoms with Gasteiger partial charge in [0.15, 0.2) is 0 Å². The van der Waals surface area contributed by atoms with E-state index in [4.69, 9.17) is 14.7 Å². The molecule has 0 aliphatic rings. The number of aromatic nitrogens is 1. The van der Waals surface area contributed by atoms with Gasteiger partial charge in [-0.3, -0.25) is 4.79 Å². The number of benzene rings is 1. The number of pyridine rings is 1. The third kappa shape index (κ3) is 2.29. The highest BCUT2D eigenvalue weighted by Gasteiger charge is 2.13. The lowest BCUT2D eigenvalue weighted by Crippen LogP contribution is -2.10. The number of nitrogens with zero attached hydrogens (tertiary/aromatic N) is 1. The molecule has 0 amide bonds. The van der Waals surface area contributed by atoms with Crippen LogP contribution in [-0.4, -0.2) is 19.2 Å². The van der Waals surface area contributed by atoms with E-state index in [2.05, 4.69) is 4.98 Å². The molecule has 0 spiro atoms. The summed E-state index contributed by atoms with van der Waals surface area (Å²) in [6, 6.07) is 8.80. The molecular formula is C14H12N2O3. The van der Waals surface area contributed by atoms with Crippen molar-refractivity contribution in [2.24, 2.45) is 0 Å². The third-order valence-corrected chi connectivity index (χ3v) is 2.77. The molecule has 19 heavy (non-hydrogen) atoms. The van der Waals surface area contributed by atoms with Gasteiger partial charge in [-0.1, -0.05) is 0 Å². The van der Waals surface area contributed by atoms with Crippen LogP contribution in [0, 0.1) is 11.3 Å². The fraction of sp³-hybridized carbons (Fsp3) is 0.143. The van der Waals surface area contributed by atoms with Crippen LogP contribution in [0.4, 0.5) is 0 Å². The van der Waals surface area contributed by atoms with Gasteiger partial charge in [0, 0.05) is 23.4 Å².